The van der Waals surface area contributed by atoms with Crippen LogP contribution in [0, 0.1) is 5.92 Å². The summed E-state index contributed by atoms with van der Waals surface area (Å²) in [4.78, 5) is 0. The third-order valence-corrected chi connectivity index (χ3v) is 4.01. The first-order valence-electron chi connectivity index (χ1n) is 5.46. The predicted octanol–water partition coefficient (Wildman–Crippen LogP) is 4.05. The number of hydrogen-bond acceptors (Lipinski definition) is 2. The number of hydrogen-bond donors (Lipinski definition) is 2. The molecule has 3 N–H and O–H groups in total. The van der Waals surface area contributed by atoms with Gasteiger partial charge < -0.3 is 10.8 Å². The molecule has 1 aromatic rings. The maximum Gasteiger partial charge on any atom is 0.0758 e. The standard InChI is InChI=1S/C12H16Cl3NO/c1-3-6(2)12(17)11(16)8-4-7(13)5-9(14)10(8)15/h4-6,11-12,17H,3,16H2,1-2H3/t6?,11-,12+/m1/s1. The zero-order valence-corrected chi connectivity index (χ0v) is 12.0. The zero-order chi connectivity index (χ0) is 13.2. The van der Waals surface area contributed by atoms with Crippen LogP contribution in [0.25, 0.3) is 0 Å². The van der Waals surface area contributed by atoms with Crippen molar-refractivity contribution in [2.45, 2.75) is 32.4 Å². The van der Waals surface area contributed by atoms with Crippen LogP contribution in [0.1, 0.15) is 31.9 Å². The number of aliphatic hydroxyl groups excluding tert-OH is 1. The zero-order valence-electron chi connectivity index (χ0n) is 9.75. The lowest BCUT2D eigenvalue weighted by Gasteiger charge is -2.25. The van der Waals surface area contributed by atoms with E-state index in [9.17, 15) is 5.11 Å². The van der Waals surface area contributed by atoms with Crippen LogP contribution in [0.4, 0.5) is 0 Å². The largest absolute Gasteiger partial charge is 0.391 e. The van der Waals surface area contributed by atoms with Crippen LogP contribution >= 0.6 is 34.8 Å². The first-order valence-corrected chi connectivity index (χ1v) is 6.60. The van der Waals surface area contributed by atoms with Gasteiger partial charge in [-0.1, -0.05) is 55.1 Å². The second-order valence-corrected chi connectivity index (χ2v) is 5.41. The Bertz CT molecular complexity index is 398. The molecular weight excluding hydrogens is 280 g/mol. The molecule has 0 amide bonds. The summed E-state index contributed by atoms with van der Waals surface area (Å²) in [5, 5.41) is 11.2. The van der Waals surface area contributed by atoms with Crippen LogP contribution in [-0.4, -0.2) is 11.2 Å². The van der Waals surface area contributed by atoms with Crippen molar-refractivity contribution in [1.82, 2.24) is 0 Å². The molecule has 0 saturated carbocycles. The van der Waals surface area contributed by atoms with Gasteiger partial charge in [-0.25, -0.2) is 0 Å². The van der Waals surface area contributed by atoms with Gasteiger partial charge >= 0.3 is 0 Å². The minimum Gasteiger partial charge on any atom is -0.391 e. The normalized spacial score (nSPS) is 16.6. The average molecular weight is 297 g/mol. The molecule has 0 bridgehead atoms. The number of benzene rings is 1. The quantitative estimate of drug-likeness (QED) is 0.823. The number of halogens is 3. The molecule has 0 aromatic heterocycles. The molecule has 0 heterocycles. The average Bonchev–Trinajstić information content (AvgIpc) is 2.30. The summed E-state index contributed by atoms with van der Waals surface area (Å²) in [6.45, 7) is 3.93. The molecule has 0 aliphatic rings. The summed E-state index contributed by atoms with van der Waals surface area (Å²) in [5.41, 5.74) is 6.58. The van der Waals surface area contributed by atoms with Crippen LogP contribution in [-0.2, 0) is 0 Å². The Morgan fingerprint density at radius 2 is 1.88 bits per heavy atom. The van der Waals surface area contributed by atoms with Gasteiger partial charge in [0.25, 0.3) is 0 Å². The third kappa shape index (κ3) is 3.49. The Hall–Kier alpha value is 0.01000. The lowest BCUT2D eigenvalue weighted by molar-refractivity contribution is 0.0880. The fraction of sp³-hybridized carbons (Fsp3) is 0.500. The molecule has 1 rings (SSSR count). The van der Waals surface area contributed by atoms with Crippen molar-refractivity contribution >= 4 is 34.8 Å². The highest BCUT2D eigenvalue weighted by molar-refractivity contribution is 6.43. The molecule has 1 aromatic carbocycles. The Morgan fingerprint density at radius 3 is 2.41 bits per heavy atom. The number of nitrogens with two attached hydrogens (primary N) is 1. The highest BCUT2D eigenvalue weighted by Gasteiger charge is 2.24. The van der Waals surface area contributed by atoms with Crippen LogP contribution in [0.3, 0.4) is 0 Å². The molecule has 0 fully saturated rings. The van der Waals surface area contributed by atoms with Gasteiger partial charge in [0.1, 0.15) is 0 Å². The van der Waals surface area contributed by atoms with E-state index in [2.05, 4.69) is 0 Å². The van der Waals surface area contributed by atoms with E-state index in [4.69, 9.17) is 40.5 Å². The minimum absolute atomic E-state index is 0.0822. The number of aliphatic hydroxyl groups is 1. The lowest BCUT2D eigenvalue weighted by atomic mass is 9.91. The monoisotopic (exact) mass is 295 g/mol. The van der Waals surface area contributed by atoms with Gasteiger partial charge in [0.05, 0.1) is 22.2 Å². The Kier molecular flexibility index (Phi) is 5.55. The Balaban J connectivity index is 3.07. The summed E-state index contributed by atoms with van der Waals surface area (Å²) in [5.74, 6) is 0.0822. The van der Waals surface area contributed by atoms with E-state index in [1.807, 2.05) is 13.8 Å². The fourth-order valence-corrected chi connectivity index (χ4v) is 2.34. The summed E-state index contributed by atoms with van der Waals surface area (Å²) in [7, 11) is 0. The van der Waals surface area contributed by atoms with E-state index in [1.165, 1.54) is 0 Å². The van der Waals surface area contributed by atoms with Gasteiger partial charge in [-0.2, -0.15) is 0 Å². The van der Waals surface area contributed by atoms with Crippen molar-refractivity contribution in [2.75, 3.05) is 0 Å². The van der Waals surface area contributed by atoms with Crippen LogP contribution in [0.5, 0.6) is 0 Å². The molecule has 2 nitrogen and oxygen atoms in total. The molecule has 1 unspecified atom stereocenters. The van der Waals surface area contributed by atoms with Crippen molar-refractivity contribution < 1.29 is 5.11 Å². The SMILES string of the molecule is CCC(C)[C@H](O)[C@H](N)c1cc(Cl)cc(Cl)c1Cl. The van der Waals surface area contributed by atoms with Crippen LogP contribution in [0.2, 0.25) is 15.1 Å². The first kappa shape index (κ1) is 15.1. The van der Waals surface area contributed by atoms with Crippen LogP contribution in [0.15, 0.2) is 12.1 Å². The van der Waals surface area contributed by atoms with E-state index in [-0.39, 0.29) is 5.92 Å². The molecule has 3 atom stereocenters. The second kappa shape index (κ2) is 6.26. The van der Waals surface area contributed by atoms with Crippen molar-refractivity contribution in [2.24, 2.45) is 11.7 Å². The van der Waals surface area contributed by atoms with Crippen molar-refractivity contribution in [3.8, 4) is 0 Å². The van der Waals surface area contributed by atoms with E-state index in [0.717, 1.165) is 6.42 Å². The van der Waals surface area contributed by atoms with Crippen molar-refractivity contribution in [3.05, 3.63) is 32.8 Å². The van der Waals surface area contributed by atoms with Gasteiger partial charge in [-0.3, -0.25) is 0 Å². The van der Waals surface area contributed by atoms with E-state index in [1.54, 1.807) is 12.1 Å². The van der Waals surface area contributed by atoms with E-state index >= 15 is 0 Å². The summed E-state index contributed by atoms with van der Waals surface area (Å²) >= 11 is 17.9. The molecule has 17 heavy (non-hydrogen) atoms. The minimum atomic E-state index is -0.674. The fourth-order valence-electron chi connectivity index (χ4n) is 1.60. The maximum atomic E-state index is 10.1. The molecule has 96 valence electrons. The predicted molar refractivity (Wildman–Crippen MR) is 73.9 cm³/mol. The van der Waals surface area contributed by atoms with Gasteiger partial charge in [-0.15, -0.1) is 0 Å². The Morgan fingerprint density at radius 1 is 1.29 bits per heavy atom. The highest BCUT2D eigenvalue weighted by Crippen LogP contribution is 2.35. The highest BCUT2D eigenvalue weighted by atomic mass is 35.5. The van der Waals surface area contributed by atoms with E-state index in [0.29, 0.717) is 20.6 Å². The number of rotatable bonds is 4. The van der Waals surface area contributed by atoms with Gasteiger partial charge in [0.2, 0.25) is 0 Å². The molecular formula is C12H16Cl3NO. The Labute approximate surface area is 117 Å². The van der Waals surface area contributed by atoms with Gasteiger partial charge in [-0.05, 0) is 23.6 Å². The van der Waals surface area contributed by atoms with Gasteiger partial charge in [0.15, 0.2) is 0 Å². The maximum absolute atomic E-state index is 10.1. The third-order valence-electron chi connectivity index (χ3n) is 2.98. The smallest absolute Gasteiger partial charge is 0.0758 e. The molecule has 0 aliphatic carbocycles. The van der Waals surface area contributed by atoms with Gasteiger partial charge in [0, 0.05) is 5.02 Å². The molecule has 0 radical (unpaired) electrons. The second-order valence-electron chi connectivity index (χ2n) is 4.19. The molecule has 0 saturated heterocycles. The molecule has 0 aliphatic heterocycles. The summed E-state index contributed by atoms with van der Waals surface area (Å²) in [6.07, 6.45) is 0.160. The van der Waals surface area contributed by atoms with Crippen molar-refractivity contribution in [3.63, 3.8) is 0 Å². The summed E-state index contributed by atoms with van der Waals surface area (Å²) in [6, 6.07) is 2.61. The summed E-state index contributed by atoms with van der Waals surface area (Å²) < 4.78 is 0. The topological polar surface area (TPSA) is 46.2 Å². The van der Waals surface area contributed by atoms with Crippen LogP contribution < -0.4 is 5.73 Å². The first-order chi connectivity index (χ1) is 7.88. The van der Waals surface area contributed by atoms with Crippen molar-refractivity contribution in [1.29, 1.82) is 0 Å². The molecule has 5 heteroatoms. The lowest BCUT2D eigenvalue weighted by Crippen LogP contribution is -2.31. The van der Waals surface area contributed by atoms with E-state index < -0.39 is 12.1 Å². The molecule has 0 spiro atoms.